The summed E-state index contributed by atoms with van der Waals surface area (Å²) in [7, 11) is 0. The van der Waals surface area contributed by atoms with E-state index in [2.05, 4.69) is 17.1 Å². The molecule has 104 valence electrons. The standard InChI is InChI=1S/C14H21N3O2/c1-10(9-17-7-2-3-8-17)16-12-6-4-5-11(13(12)15)14(18)19/h4-6,10,16H,2-3,7-9,15H2,1H3,(H,18,19). The van der Waals surface area contributed by atoms with Gasteiger partial charge in [-0.3, -0.25) is 0 Å². The molecule has 1 atom stereocenters. The van der Waals surface area contributed by atoms with Crippen LogP contribution in [0.4, 0.5) is 11.4 Å². The summed E-state index contributed by atoms with van der Waals surface area (Å²) in [4.78, 5) is 13.4. The zero-order valence-electron chi connectivity index (χ0n) is 11.2. The third kappa shape index (κ3) is 3.38. The number of hydrogen-bond donors (Lipinski definition) is 3. The number of carboxylic acid groups (broad SMARTS) is 1. The predicted molar refractivity (Wildman–Crippen MR) is 76.6 cm³/mol. The number of para-hydroxylation sites is 1. The van der Waals surface area contributed by atoms with Crippen molar-refractivity contribution in [1.29, 1.82) is 0 Å². The number of aromatic carboxylic acids is 1. The number of carboxylic acids is 1. The van der Waals surface area contributed by atoms with Crippen molar-refractivity contribution in [3.05, 3.63) is 23.8 Å². The van der Waals surface area contributed by atoms with E-state index < -0.39 is 5.97 Å². The molecule has 1 aromatic rings. The lowest BCUT2D eigenvalue weighted by Gasteiger charge is -2.23. The lowest BCUT2D eigenvalue weighted by molar-refractivity contribution is 0.0698. The van der Waals surface area contributed by atoms with E-state index in [4.69, 9.17) is 10.8 Å². The molecule has 0 amide bonds. The van der Waals surface area contributed by atoms with Crippen molar-refractivity contribution in [3.63, 3.8) is 0 Å². The lowest BCUT2D eigenvalue weighted by Crippen LogP contribution is -2.33. The van der Waals surface area contributed by atoms with Crippen LogP contribution in [0.25, 0.3) is 0 Å². The van der Waals surface area contributed by atoms with Gasteiger partial charge in [-0.2, -0.15) is 0 Å². The third-order valence-corrected chi connectivity index (χ3v) is 3.47. The number of nitrogens with zero attached hydrogens (tertiary/aromatic N) is 1. The zero-order chi connectivity index (χ0) is 13.8. The molecule has 4 N–H and O–H groups in total. The summed E-state index contributed by atoms with van der Waals surface area (Å²) in [6, 6.07) is 5.30. The molecule has 1 aromatic carbocycles. The number of nitrogens with two attached hydrogens (primary N) is 1. The summed E-state index contributed by atoms with van der Waals surface area (Å²) in [5.41, 5.74) is 7.04. The Morgan fingerprint density at radius 3 is 2.79 bits per heavy atom. The van der Waals surface area contributed by atoms with Crippen molar-refractivity contribution in [2.75, 3.05) is 30.7 Å². The summed E-state index contributed by atoms with van der Waals surface area (Å²) in [5, 5.41) is 12.3. The summed E-state index contributed by atoms with van der Waals surface area (Å²) in [6.07, 6.45) is 2.53. The molecule has 0 radical (unpaired) electrons. The van der Waals surface area contributed by atoms with Gasteiger partial charge in [-0.15, -0.1) is 0 Å². The second kappa shape index (κ2) is 5.93. The molecular formula is C14H21N3O2. The quantitative estimate of drug-likeness (QED) is 0.707. The topological polar surface area (TPSA) is 78.6 Å². The second-order valence-corrected chi connectivity index (χ2v) is 5.13. The highest BCUT2D eigenvalue weighted by atomic mass is 16.4. The first-order chi connectivity index (χ1) is 9.08. The second-order valence-electron chi connectivity index (χ2n) is 5.13. The van der Waals surface area contributed by atoms with Crippen molar-refractivity contribution in [2.24, 2.45) is 0 Å². The first-order valence-electron chi connectivity index (χ1n) is 6.68. The molecule has 1 aliphatic rings. The van der Waals surface area contributed by atoms with Gasteiger partial charge in [-0.25, -0.2) is 4.79 Å². The molecule has 5 heteroatoms. The summed E-state index contributed by atoms with van der Waals surface area (Å²) in [5.74, 6) is -0.992. The van der Waals surface area contributed by atoms with Gasteiger partial charge < -0.3 is 21.1 Å². The largest absolute Gasteiger partial charge is 0.478 e. The van der Waals surface area contributed by atoms with E-state index in [1.807, 2.05) is 6.07 Å². The van der Waals surface area contributed by atoms with Gasteiger partial charge >= 0.3 is 5.97 Å². The first kappa shape index (κ1) is 13.7. The van der Waals surface area contributed by atoms with Crippen molar-refractivity contribution in [3.8, 4) is 0 Å². The van der Waals surface area contributed by atoms with Crippen LogP contribution in [0.5, 0.6) is 0 Å². The maximum atomic E-state index is 11.0. The van der Waals surface area contributed by atoms with Gasteiger partial charge in [0.1, 0.15) is 0 Å². The zero-order valence-corrected chi connectivity index (χ0v) is 11.2. The van der Waals surface area contributed by atoms with Crippen LogP contribution in [0, 0.1) is 0 Å². The molecule has 1 fully saturated rings. The molecule has 1 unspecified atom stereocenters. The maximum absolute atomic E-state index is 11.0. The Labute approximate surface area is 113 Å². The monoisotopic (exact) mass is 263 g/mol. The van der Waals surface area contributed by atoms with E-state index in [1.165, 1.54) is 18.9 Å². The van der Waals surface area contributed by atoms with Gasteiger partial charge in [-0.1, -0.05) is 6.07 Å². The van der Waals surface area contributed by atoms with Crippen LogP contribution < -0.4 is 11.1 Å². The Bertz CT molecular complexity index is 456. The van der Waals surface area contributed by atoms with E-state index >= 15 is 0 Å². The molecule has 1 saturated heterocycles. The van der Waals surface area contributed by atoms with Crippen LogP contribution in [0.15, 0.2) is 18.2 Å². The molecule has 0 saturated carbocycles. The number of hydrogen-bond acceptors (Lipinski definition) is 4. The van der Waals surface area contributed by atoms with Gasteiger partial charge in [0.2, 0.25) is 0 Å². The maximum Gasteiger partial charge on any atom is 0.337 e. The Morgan fingerprint density at radius 2 is 2.16 bits per heavy atom. The van der Waals surface area contributed by atoms with E-state index in [0.29, 0.717) is 11.4 Å². The van der Waals surface area contributed by atoms with Gasteiger partial charge in [-0.05, 0) is 45.0 Å². The summed E-state index contributed by atoms with van der Waals surface area (Å²) >= 11 is 0. The molecule has 1 heterocycles. The van der Waals surface area contributed by atoms with Crippen molar-refractivity contribution < 1.29 is 9.90 Å². The fraction of sp³-hybridized carbons (Fsp3) is 0.500. The minimum atomic E-state index is -0.992. The molecule has 0 aliphatic carbocycles. The van der Waals surface area contributed by atoms with E-state index in [-0.39, 0.29) is 11.6 Å². The van der Waals surface area contributed by atoms with Crippen LogP contribution in [0.3, 0.4) is 0 Å². The number of carbonyl (C=O) groups is 1. The Kier molecular flexibility index (Phi) is 4.27. The van der Waals surface area contributed by atoms with Gasteiger partial charge in [0.05, 0.1) is 16.9 Å². The molecule has 0 bridgehead atoms. The van der Waals surface area contributed by atoms with Crippen molar-refractivity contribution >= 4 is 17.3 Å². The predicted octanol–water partition coefficient (Wildman–Crippen LogP) is 1.86. The van der Waals surface area contributed by atoms with E-state index in [1.54, 1.807) is 6.07 Å². The fourth-order valence-corrected chi connectivity index (χ4v) is 2.54. The minimum absolute atomic E-state index is 0.151. The molecule has 0 aromatic heterocycles. The molecule has 0 spiro atoms. The molecule has 1 aliphatic heterocycles. The van der Waals surface area contributed by atoms with E-state index in [0.717, 1.165) is 19.6 Å². The first-order valence-corrected chi connectivity index (χ1v) is 6.68. The molecule has 5 nitrogen and oxygen atoms in total. The number of likely N-dealkylation sites (tertiary alicyclic amines) is 1. The smallest absolute Gasteiger partial charge is 0.337 e. The fourth-order valence-electron chi connectivity index (χ4n) is 2.54. The summed E-state index contributed by atoms with van der Waals surface area (Å²) < 4.78 is 0. The highest BCUT2D eigenvalue weighted by Crippen LogP contribution is 2.23. The minimum Gasteiger partial charge on any atom is -0.478 e. The van der Waals surface area contributed by atoms with E-state index in [9.17, 15) is 4.79 Å². The van der Waals surface area contributed by atoms with Gasteiger partial charge in [0, 0.05) is 12.6 Å². The van der Waals surface area contributed by atoms with Crippen LogP contribution >= 0.6 is 0 Å². The normalized spacial score (nSPS) is 17.3. The molecule has 2 rings (SSSR count). The number of nitrogen functional groups attached to an aromatic ring is 1. The highest BCUT2D eigenvalue weighted by molar-refractivity contribution is 5.97. The third-order valence-electron chi connectivity index (χ3n) is 3.47. The molecule has 19 heavy (non-hydrogen) atoms. The number of anilines is 2. The van der Waals surface area contributed by atoms with Crippen molar-refractivity contribution in [1.82, 2.24) is 4.90 Å². The van der Waals surface area contributed by atoms with Crippen LogP contribution in [0.2, 0.25) is 0 Å². The lowest BCUT2D eigenvalue weighted by atomic mass is 10.1. The van der Waals surface area contributed by atoms with Crippen molar-refractivity contribution in [2.45, 2.75) is 25.8 Å². The highest BCUT2D eigenvalue weighted by Gasteiger charge is 2.16. The number of nitrogens with one attached hydrogen (secondary N) is 1. The Morgan fingerprint density at radius 1 is 1.47 bits per heavy atom. The summed E-state index contributed by atoms with van der Waals surface area (Å²) in [6.45, 7) is 5.34. The van der Waals surface area contributed by atoms with Gasteiger partial charge in [0.15, 0.2) is 0 Å². The van der Waals surface area contributed by atoms with Crippen LogP contribution in [-0.2, 0) is 0 Å². The Balaban J connectivity index is 2.01. The Hall–Kier alpha value is -1.75. The van der Waals surface area contributed by atoms with Crippen LogP contribution in [0.1, 0.15) is 30.1 Å². The van der Waals surface area contributed by atoms with Crippen LogP contribution in [-0.4, -0.2) is 41.7 Å². The van der Waals surface area contributed by atoms with Gasteiger partial charge in [0.25, 0.3) is 0 Å². The molecular weight excluding hydrogens is 242 g/mol. The average Bonchev–Trinajstić information content (AvgIpc) is 2.84. The number of rotatable bonds is 5. The SMILES string of the molecule is CC(CN1CCCC1)Nc1cccc(C(=O)O)c1N. The average molecular weight is 263 g/mol. The number of benzene rings is 1.